The number of nitrogens with one attached hydrogen (secondary N) is 2. The van der Waals surface area contributed by atoms with Gasteiger partial charge in [-0.3, -0.25) is 14.4 Å². The molecule has 0 saturated carbocycles. The van der Waals surface area contributed by atoms with Gasteiger partial charge in [0.25, 0.3) is 5.91 Å². The summed E-state index contributed by atoms with van der Waals surface area (Å²) in [5.74, 6) is -0.118. The van der Waals surface area contributed by atoms with Crippen LogP contribution in [0.25, 0.3) is 0 Å². The summed E-state index contributed by atoms with van der Waals surface area (Å²) < 4.78 is 5.27. The van der Waals surface area contributed by atoms with E-state index in [-0.39, 0.29) is 18.4 Å². The van der Waals surface area contributed by atoms with E-state index in [9.17, 15) is 14.4 Å². The number of rotatable bonds is 8. The second-order valence-corrected chi connectivity index (χ2v) is 4.56. The zero-order valence-electron chi connectivity index (χ0n) is 12.2. The predicted molar refractivity (Wildman–Crippen MR) is 78.2 cm³/mol. The van der Waals surface area contributed by atoms with E-state index in [0.717, 1.165) is 12.7 Å². The molecule has 2 N–H and O–H groups in total. The van der Waals surface area contributed by atoms with Gasteiger partial charge in [0, 0.05) is 12.1 Å². The van der Waals surface area contributed by atoms with E-state index in [1.54, 1.807) is 31.2 Å². The van der Waals surface area contributed by atoms with Gasteiger partial charge in [0.2, 0.25) is 5.91 Å². The summed E-state index contributed by atoms with van der Waals surface area (Å²) in [5, 5.41) is 5.25. The molecule has 0 heterocycles. The van der Waals surface area contributed by atoms with Crippen LogP contribution in [0.5, 0.6) is 5.75 Å². The topological polar surface area (TPSA) is 84.5 Å². The van der Waals surface area contributed by atoms with E-state index in [1.165, 1.54) is 0 Å². The van der Waals surface area contributed by atoms with Crippen molar-refractivity contribution in [3.8, 4) is 5.75 Å². The Bertz CT molecular complexity index is 485. The summed E-state index contributed by atoms with van der Waals surface area (Å²) in [6, 6.07) is 5.80. The Kier molecular flexibility index (Phi) is 6.94. The average Bonchev–Trinajstić information content (AvgIpc) is 2.50. The second kappa shape index (κ2) is 8.73. The fourth-order valence-electron chi connectivity index (χ4n) is 1.54. The summed E-state index contributed by atoms with van der Waals surface area (Å²) in [4.78, 5) is 33.7. The molecule has 0 aliphatic heterocycles. The summed E-state index contributed by atoms with van der Waals surface area (Å²) >= 11 is 0. The van der Waals surface area contributed by atoms with E-state index in [4.69, 9.17) is 4.74 Å². The fraction of sp³-hybridized carbons (Fsp3) is 0.400. The molecular weight excluding hydrogens is 272 g/mol. The highest BCUT2D eigenvalue weighted by Gasteiger charge is 2.14. The first kappa shape index (κ1) is 16.7. The Morgan fingerprint density at radius 3 is 2.52 bits per heavy atom. The lowest BCUT2D eigenvalue weighted by Crippen LogP contribution is -2.46. The Balaban J connectivity index is 2.35. The molecule has 0 spiro atoms. The Labute approximate surface area is 123 Å². The number of carbonyl (C=O) groups is 3. The van der Waals surface area contributed by atoms with Crippen molar-refractivity contribution in [2.45, 2.75) is 26.3 Å². The van der Waals surface area contributed by atoms with E-state index < -0.39 is 6.04 Å². The molecule has 1 aromatic rings. The quantitative estimate of drug-likeness (QED) is 0.697. The maximum atomic E-state index is 11.7. The van der Waals surface area contributed by atoms with Crippen molar-refractivity contribution in [3.05, 3.63) is 29.8 Å². The highest BCUT2D eigenvalue weighted by atomic mass is 16.5. The van der Waals surface area contributed by atoms with Crippen molar-refractivity contribution in [2.24, 2.45) is 0 Å². The molecule has 0 aliphatic carbocycles. The molecule has 0 bridgehead atoms. The number of benzene rings is 1. The fourth-order valence-corrected chi connectivity index (χ4v) is 1.54. The monoisotopic (exact) mass is 292 g/mol. The number of carbonyl (C=O) groups excluding carboxylic acids is 3. The van der Waals surface area contributed by atoms with Gasteiger partial charge < -0.3 is 15.4 Å². The molecule has 0 aliphatic rings. The Hall–Kier alpha value is -2.37. The van der Waals surface area contributed by atoms with E-state index in [0.29, 0.717) is 17.9 Å². The van der Waals surface area contributed by atoms with Gasteiger partial charge in [-0.15, -0.1) is 0 Å². The first-order valence-electron chi connectivity index (χ1n) is 6.82. The first-order chi connectivity index (χ1) is 10.1. The van der Waals surface area contributed by atoms with Gasteiger partial charge in [0.05, 0.1) is 0 Å². The van der Waals surface area contributed by atoms with Crippen LogP contribution in [-0.4, -0.2) is 37.3 Å². The number of amides is 2. The molecular formula is C15H20N2O4. The van der Waals surface area contributed by atoms with Gasteiger partial charge in [-0.05, 0) is 37.6 Å². The van der Waals surface area contributed by atoms with Gasteiger partial charge in [-0.1, -0.05) is 6.92 Å². The Morgan fingerprint density at radius 2 is 1.95 bits per heavy atom. The normalized spacial score (nSPS) is 11.3. The van der Waals surface area contributed by atoms with Crippen LogP contribution >= 0.6 is 0 Å². The van der Waals surface area contributed by atoms with Crippen molar-refractivity contribution in [2.75, 3.05) is 13.2 Å². The van der Waals surface area contributed by atoms with Crippen molar-refractivity contribution in [3.63, 3.8) is 0 Å². The van der Waals surface area contributed by atoms with Crippen molar-refractivity contribution >= 4 is 18.1 Å². The number of aldehydes is 1. The second-order valence-electron chi connectivity index (χ2n) is 4.56. The van der Waals surface area contributed by atoms with Crippen molar-refractivity contribution in [1.82, 2.24) is 10.6 Å². The molecule has 0 aromatic heterocycles. The standard InChI is InChI=1S/C15H20N2O4/c1-3-8-16-15(20)11(2)17-14(19)10-21-13-6-4-12(9-18)5-7-13/h4-7,9,11H,3,8,10H2,1-2H3,(H,16,20)(H,17,19)/t11-/m1/s1. The van der Waals surface area contributed by atoms with Crippen molar-refractivity contribution < 1.29 is 19.1 Å². The minimum Gasteiger partial charge on any atom is -0.484 e. The van der Waals surface area contributed by atoms with E-state index >= 15 is 0 Å². The maximum absolute atomic E-state index is 11.7. The lowest BCUT2D eigenvalue weighted by atomic mass is 10.2. The molecule has 0 fully saturated rings. The van der Waals surface area contributed by atoms with Crippen LogP contribution in [0.3, 0.4) is 0 Å². The molecule has 2 amide bonds. The maximum Gasteiger partial charge on any atom is 0.258 e. The zero-order valence-corrected chi connectivity index (χ0v) is 12.2. The highest BCUT2D eigenvalue weighted by molar-refractivity contribution is 5.87. The lowest BCUT2D eigenvalue weighted by molar-refractivity contribution is -0.129. The SMILES string of the molecule is CCCNC(=O)[C@@H](C)NC(=O)COc1ccc(C=O)cc1. The minimum atomic E-state index is -0.606. The van der Waals surface area contributed by atoms with E-state index in [1.807, 2.05) is 6.92 Å². The van der Waals surface area contributed by atoms with Crippen LogP contribution < -0.4 is 15.4 Å². The Morgan fingerprint density at radius 1 is 1.29 bits per heavy atom. The minimum absolute atomic E-state index is 0.189. The average molecular weight is 292 g/mol. The largest absolute Gasteiger partial charge is 0.484 e. The lowest BCUT2D eigenvalue weighted by Gasteiger charge is -2.14. The summed E-state index contributed by atoms with van der Waals surface area (Å²) in [6.07, 6.45) is 1.57. The third kappa shape index (κ3) is 6.07. The molecule has 0 radical (unpaired) electrons. The predicted octanol–water partition coefficient (Wildman–Crippen LogP) is 0.909. The molecule has 1 aromatic carbocycles. The third-order valence-corrected chi connectivity index (χ3v) is 2.71. The van der Waals surface area contributed by atoms with Gasteiger partial charge >= 0.3 is 0 Å². The highest BCUT2D eigenvalue weighted by Crippen LogP contribution is 2.10. The first-order valence-corrected chi connectivity index (χ1v) is 6.82. The van der Waals surface area contributed by atoms with Crippen LogP contribution in [0.15, 0.2) is 24.3 Å². The molecule has 1 rings (SSSR count). The summed E-state index contributed by atoms with van der Waals surface area (Å²) in [6.45, 7) is 3.96. The van der Waals surface area contributed by atoms with Gasteiger partial charge in [-0.25, -0.2) is 0 Å². The van der Waals surface area contributed by atoms with E-state index in [2.05, 4.69) is 10.6 Å². The number of hydrogen-bond acceptors (Lipinski definition) is 4. The molecule has 1 atom stereocenters. The number of ether oxygens (including phenoxy) is 1. The van der Waals surface area contributed by atoms with Gasteiger partial charge in [-0.2, -0.15) is 0 Å². The molecule has 0 saturated heterocycles. The van der Waals surface area contributed by atoms with Crippen molar-refractivity contribution in [1.29, 1.82) is 0 Å². The van der Waals surface area contributed by atoms with Gasteiger partial charge in [0.1, 0.15) is 18.1 Å². The van der Waals surface area contributed by atoms with Crippen LogP contribution in [0.1, 0.15) is 30.6 Å². The molecule has 21 heavy (non-hydrogen) atoms. The van der Waals surface area contributed by atoms with Crippen LogP contribution in [0.2, 0.25) is 0 Å². The smallest absolute Gasteiger partial charge is 0.258 e. The van der Waals surface area contributed by atoms with Crippen LogP contribution in [-0.2, 0) is 9.59 Å². The zero-order chi connectivity index (χ0) is 15.7. The van der Waals surface area contributed by atoms with Crippen LogP contribution in [0, 0.1) is 0 Å². The molecule has 0 unspecified atom stereocenters. The number of hydrogen-bond donors (Lipinski definition) is 2. The molecule has 114 valence electrons. The molecule has 6 heteroatoms. The third-order valence-electron chi connectivity index (χ3n) is 2.71. The summed E-state index contributed by atoms with van der Waals surface area (Å²) in [7, 11) is 0. The molecule has 6 nitrogen and oxygen atoms in total. The summed E-state index contributed by atoms with van der Waals surface area (Å²) in [5.41, 5.74) is 0.535. The van der Waals surface area contributed by atoms with Crippen LogP contribution in [0.4, 0.5) is 0 Å². The van der Waals surface area contributed by atoms with Gasteiger partial charge in [0.15, 0.2) is 6.61 Å².